The van der Waals surface area contributed by atoms with E-state index in [1.165, 1.54) is 7.11 Å². The number of halogens is 1. The van der Waals surface area contributed by atoms with Gasteiger partial charge in [-0.2, -0.15) is 0 Å². The molecule has 0 heterocycles. The van der Waals surface area contributed by atoms with E-state index in [9.17, 15) is 15.3 Å². The summed E-state index contributed by atoms with van der Waals surface area (Å²) in [6.45, 7) is 2.06. The number of phenolic OH excluding ortho intramolecular Hbond substituents is 1. The van der Waals surface area contributed by atoms with Gasteiger partial charge in [0.1, 0.15) is 0 Å². The molecule has 0 atom stereocenters. The molecule has 108 valence electrons. The van der Waals surface area contributed by atoms with Gasteiger partial charge in [-0.15, -0.1) is 0 Å². The summed E-state index contributed by atoms with van der Waals surface area (Å²) in [5.41, 5.74) is 0.179. The quantitative estimate of drug-likeness (QED) is 0.606. The monoisotopic (exact) mass is 333 g/mol. The number of nitrogens with one attached hydrogen (secondary N) is 1. The Kier molecular flexibility index (Phi) is 6.06. The molecule has 0 spiro atoms. The van der Waals surface area contributed by atoms with Gasteiger partial charge < -0.3 is 25.4 Å². The van der Waals surface area contributed by atoms with Gasteiger partial charge in [-0.1, -0.05) is 6.92 Å². The molecule has 0 fully saturated rings. The summed E-state index contributed by atoms with van der Waals surface area (Å²) in [7, 11) is 1.48. The van der Waals surface area contributed by atoms with E-state index in [1.54, 1.807) is 12.1 Å². The van der Waals surface area contributed by atoms with Gasteiger partial charge in [0.2, 0.25) is 0 Å². The molecule has 6 heteroatoms. The third-order valence-electron chi connectivity index (χ3n) is 3.26. The Bertz CT molecular complexity index is 413. The lowest BCUT2D eigenvalue weighted by Crippen LogP contribution is -2.50. The normalized spacial score (nSPS) is 11.6. The number of aliphatic hydroxyl groups is 2. The zero-order valence-electron chi connectivity index (χ0n) is 11.1. The molecule has 5 nitrogen and oxygen atoms in total. The molecule has 0 aliphatic heterocycles. The highest BCUT2D eigenvalue weighted by molar-refractivity contribution is 9.10. The molecule has 1 aromatic rings. The fourth-order valence-electron chi connectivity index (χ4n) is 1.68. The predicted molar refractivity (Wildman–Crippen MR) is 76.4 cm³/mol. The molecular formula is C13H20BrNO4. The van der Waals surface area contributed by atoms with E-state index in [2.05, 4.69) is 21.2 Å². The Morgan fingerprint density at radius 1 is 1.32 bits per heavy atom. The van der Waals surface area contributed by atoms with Crippen molar-refractivity contribution in [3.63, 3.8) is 0 Å². The van der Waals surface area contributed by atoms with Gasteiger partial charge in [-0.05, 0) is 40.0 Å². The molecule has 0 bridgehead atoms. The number of benzene rings is 1. The number of hydrogen-bond donors (Lipinski definition) is 4. The maximum absolute atomic E-state index is 9.72. The molecule has 1 aromatic carbocycles. The highest BCUT2D eigenvalue weighted by Gasteiger charge is 2.25. The van der Waals surface area contributed by atoms with Crippen LogP contribution >= 0.6 is 15.9 Å². The van der Waals surface area contributed by atoms with Crippen LogP contribution in [0, 0.1) is 0 Å². The first-order valence-corrected chi connectivity index (χ1v) is 6.83. The van der Waals surface area contributed by atoms with E-state index in [1.807, 2.05) is 6.92 Å². The van der Waals surface area contributed by atoms with Crippen LogP contribution in [0.15, 0.2) is 16.6 Å². The highest BCUT2D eigenvalue weighted by Crippen LogP contribution is 2.35. The smallest absolute Gasteiger partial charge is 0.172 e. The Morgan fingerprint density at radius 3 is 2.42 bits per heavy atom. The molecule has 0 amide bonds. The predicted octanol–water partition coefficient (Wildman–Crippen LogP) is 1.39. The van der Waals surface area contributed by atoms with E-state index in [-0.39, 0.29) is 19.0 Å². The number of hydrogen-bond acceptors (Lipinski definition) is 5. The number of methoxy groups -OCH3 is 1. The first kappa shape index (κ1) is 16.2. The zero-order valence-corrected chi connectivity index (χ0v) is 12.7. The van der Waals surface area contributed by atoms with Gasteiger partial charge in [0.05, 0.1) is 30.3 Å². The van der Waals surface area contributed by atoms with Gasteiger partial charge in [-0.3, -0.25) is 0 Å². The fourth-order valence-corrected chi connectivity index (χ4v) is 2.17. The fraction of sp³-hybridized carbons (Fsp3) is 0.538. The van der Waals surface area contributed by atoms with E-state index in [0.717, 1.165) is 5.56 Å². The first-order chi connectivity index (χ1) is 9.01. The minimum atomic E-state index is -0.697. The second-order valence-corrected chi connectivity index (χ2v) is 5.29. The summed E-state index contributed by atoms with van der Waals surface area (Å²) in [5, 5.41) is 31.6. The summed E-state index contributed by atoms with van der Waals surface area (Å²) in [5.74, 6) is 0.429. The van der Waals surface area contributed by atoms with Crippen molar-refractivity contribution in [2.24, 2.45) is 0 Å². The molecule has 0 unspecified atom stereocenters. The Labute approximate surface area is 121 Å². The number of rotatable bonds is 7. The molecule has 0 radical (unpaired) electrons. The molecule has 0 saturated carbocycles. The molecule has 1 rings (SSSR count). The lowest BCUT2D eigenvalue weighted by molar-refractivity contribution is 0.0864. The van der Waals surface area contributed by atoms with E-state index in [0.29, 0.717) is 23.2 Å². The lowest BCUT2D eigenvalue weighted by atomic mass is 9.98. The van der Waals surface area contributed by atoms with Gasteiger partial charge in [0, 0.05) is 6.54 Å². The molecule has 0 aliphatic rings. The van der Waals surface area contributed by atoms with Gasteiger partial charge in [0.25, 0.3) is 0 Å². The maximum Gasteiger partial charge on any atom is 0.172 e. The third kappa shape index (κ3) is 3.82. The summed E-state index contributed by atoms with van der Waals surface area (Å²) in [6.07, 6.45) is 0.608. The van der Waals surface area contributed by atoms with Gasteiger partial charge in [0.15, 0.2) is 11.5 Å². The molecular weight excluding hydrogens is 314 g/mol. The number of ether oxygens (including phenoxy) is 1. The number of phenols is 1. The van der Waals surface area contributed by atoms with Crippen LogP contribution in [0.1, 0.15) is 18.9 Å². The van der Waals surface area contributed by atoms with Crippen LogP contribution < -0.4 is 10.1 Å². The van der Waals surface area contributed by atoms with Crippen LogP contribution in [0.25, 0.3) is 0 Å². The average molecular weight is 334 g/mol. The van der Waals surface area contributed by atoms with Gasteiger partial charge in [-0.25, -0.2) is 0 Å². The Hall–Kier alpha value is -0.820. The summed E-state index contributed by atoms with van der Waals surface area (Å²) < 4.78 is 5.61. The van der Waals surface area contributed by atoms with Crippen molar-refractivity contribution in [3.05, 3.63) is 22.2 Å². The molecule has 0 aliphatic carbocycles. The summed E-state index contributed by atoms with van der Waals surface area (Å²) in [6, 6.07) is 3.47. The summed E-state index contributed by atoms with van der Waals surface area (Å²) >= 11 is 3.25. The zero-order chi connectivity index (χ0) is 14.5. The molecule has 4 N–H and O–H groups in total. The van der Waals surface area contributed by atoms with Crippen LogP contribution in [0.3, 0.4) is 0 Å². The van der Waals surface area contributed by atoms with Crippen molar-refractivity contribution < 1.29 is 20.1 Å². The third-order valence-corrected chi connectivity index (χ3v) is 3.86. The Balaban J connectivity index is 2.86. The van der Waals surface area contributed by atoms with Crippen molar-refractivity contribution in [1.82, 2.24) is 5.32 Å². The lowest BCUT2D eigenvalue weighted by Gasteiger charge is -2.30. The van der Waals surface area contributed by atoms with Gasteiger partial charge >= 0.3 is 0 Å². The summed E-state index contributed by atoms with van der Waals surface area (Å²) in [4.78, 5) is 0. The topological polar surface area (TPSA) is 82.0 Å². The molecule has 0 saturated heterocycles. The van der Waals surface area contributed by atoms with Crippen LogP contribution in [0.4, 0.5) is 0 Å². The van der Waals surface area contributed by atoms with E-state index < -0.39 is 5.54 Å². The van der Waals surface area contributed by atoms with Crippen LogP contribution in [-0.4, -0.2) is 41.2 Å². The molecule has 0 aromatic heterocycles. The van der Waals surface area contributed by atoms with Crippen LogP contribution in [-0.2, 0) is 6.54 Å². The SMILES string of the molecule is CCC(CO)(CO)NCc1cc(Br)c(O)c(OC)c1. The molecule has 19 heavy (non-hydrogen) atoms. The van der Waals surface area contributed by atoms with E-state index in [4.69, 9.17) is 4.74 Å². The standard InChI is InChI=1S/C13H20BrNO4/c1-3-13(7-16,8-17)15-6-9-4-10(14)12(18)11(5-9)19-2/h4-5,15-18H,3,6-8H2,1-2H3. The minimum Gasteiger partial charge on any atom is -0.503 e. The van der Waals surface area contributed by atoms with E-state index >= 15 is 0 Å². The largest absolute Gasteiger partial charge is 0.503 e. The van der Waals surface area contributed by atoms with Crippen molar-refractivity contribution >= 4 is 15.9 Å². The number of aliphatic hydroxyl groups excluding tert-OH is 2. The second-order valence-electron chi connectivity index (χ2n) is 4.43. The van der Waals surface area contributed by atoms with Crippen molar-refractivity contribution in [2.45, 2.75) is 25.4 Å². The van der Waals surface area contributed by atoms with Crippen LogP contribution in [0.2, 0.25) is 0 Å². The van der Waals surface area contributed by atoms with Crippen molar-refractivity contribution in [1.29, 1.82) is 0 Å². The number of aromatic hydroxyl groups is 1. The Morgan fingerprint density at radius 2 is 1.95 bits per heavy atom. The minimum absolute atomic E-state index is 0.0531. The van der Waals surface area contributed by atoms with Crippen molar-refractivity contribution in [2.75, 3.05) is 20.3 Å². The first-order valence-electron chi connectivity index (χ1n) is 6.04. The average Bonchev–Trinajstić information content (AvgIpc) is 2.44. The second kappa shape index (κ2) is 7.09. The van der Waals surface area contributed by atoms with Crippen LogP contribution in [0.5, 0.6) is 11.5 Å². The highest BCUT2D eigenvalue weighted by atomic mass is 79.9. The maximum atomic E-state index is 9.72. The van der Waals surface area contributed by atoms with Crippen molar-refractivity contribution in [3.8, 4) is 11.5 Å².